The molecule has 0 unspecified atom stereocenters. The molecular weight excluding hydrogens is 322 g/mol. The monoisotopic (exact) mass is 345 g/mol. The number of benzene rings is 1. The Balaban J connectivity index is 1.77. The third kappa shape index (κ3) is 3.69. The number of carbonyl (C=O) groups excluding carboxylic acids is 2. The zero-order valence-electron chi connectivity index (χ0n) is 14.6. The molecule has 3 rings (SSSR count). The zero-order valence-corrected chi connectivity index (χ0v) is 14.6. The Morgan fingerprint density at radius 1 is 1.20 bits per heavy atom. The van der Waals surface area contributed by atoms with E-state index in [1.807, 2.05) is 18.2 Å². The predicted octanol–water partition coefficient (Wildman–Crippen LogP) is 3.14. The molecule has 2 aromatic rings. The SMILES string of the molecule is COCc1c(C(=O)O[C@@H](C)C(=O)N2CCCCC2)oc2ccccc12. The van der Waals surface area contributed by atoms with E-state index in [4.69, 9.17) is 13.9 Å². The van der Waals surface area contributed by atoms with Crippen molar-refractivity contribution in [1.29, 1.82) is 0 Å². The first-order valence-electron chi connectivity index (χ1n) is 8.61. The lowest BCUT2D eigenvalue weighted by Gasteiger charge is -2.28. The molecule has 6 heteroatoms. The number of hydrogen-bond donors (Lipinski definition) is 0. The number of methoxy groups -OCH3 is 1. The normalized spacial score (nSPS) is 16.0. The van der Waals surface area contributed by atoms with Crippen LogP contribution in [-0.4, -0.2) is 43.1 Å². The van der Waals surface area contributed by atoms with Gasteiger partial charge >= 0.3 is 5.97 Å². The Morgan fingerprint density at radius 3 is 2.64 bits per heavy atom. The number of fused-ring (bicyclic) bond motifs is 1. The van der Waals surface area contributed by atoms with Crippen LogP contribution in [0.1, 0.15) is 42.3 Å². The first-order valence-corrected chi connectivity index (χ1v) is 8.61. The average molecular weight is 345 g/mol. The minimum atomic E-state index is -0.839. The highest BCUT2D eigenvalue weighted by molar-refractivity contribution is 5.97. The standard InChI is InChI=1S/C19H23NO5/c1-13(18(21)20-10-6-3-7-11-20)24-19(22)17-15(12-23-2)14-8-4-5-9-16(14)25-17/h4-5,8-9,13H,3,6-7,10-12H2,1-2H3/t13-/m0/s1. The van der Waals surface area contributed by atoms with Crippen LogP contribution in [0, 0.1) is 0 Å². The number of esters is 1. The van der Waals surface area contributed by atoms with Gasteiger partial charge in [0, 0.05) is 31.1 Å². The molecule has 0 radical (unpaired) electrons. The van der Waals surface area contributed by atoms with Gasteiger partial charge < -0.3 is 18.8 Å². The van der Waals surface area contributed by atoms with Gasteiger partial charge in [0.2, 0.25) is 5.76 Å². The molecule has 0 saturated carbocycles. The van der Waals surface area contributed by atoms with E-state index < -0.39 is 12.1 Å². The lowest BCUT2D eigenvalue weighted by atomic mass is 10.1. The molecule has 1 saturated heterocycles. The van der Waals surface area contributed by atoms with Crippen LogP contribution >= 0.6 is 0 Å². The number of furan rings is 1. The van der Waals surface area contributed by atoms with E-state index in [-0.39, 0.29) is 18.3 Å². The van der Waals surface area contributed by atoms with Crippen LogP contribution in [0.4, 0.5) is 0 Å². The van der Waals surface area contributed by atoms with E-state index in [2.05, 4.69) is 0 Å². The lowest BCUT2D eigenvalue weighted by Crippen LogP contribution is -2.42. The van der Waals surface area contributed by atoms with Gasteiger partial charge in [0.15, 0.2) is 6.10 Å². The number of carbonyl (C=O) groups is 2. The Labute approximate surface area is 146 Å². The van der Waals surface area contributed by atoms with Crippen molar-refractivity contribution in [1.82, 2.24) is 4.90 Å². The van der Waals surface area contributed by atoms with Crippen molar-refractivity contribution in [2.24, 2.45) is 0 Å². The molecule has 1 amide bonds. The molecule has 0 spiro atoms. The molecule has 0 bridgehead atoms. The van der Waals surface area contributed by atoms with Gasteiger partial charge in [0.1, 0.15) is 5.58 Å². The Bertz CT molecular complexity index is 760. The third-order valence-corrected chi connectivity index (χ3v) is 4.47. The number of ether oxygens (including phenoxy) is 2. The van der Waals surface area contributed by atoms with Crippen LogP contribution in [0.25, 0.3) is 11.0 Å². The van der Waals surface area contributed by atoms with E-state index in [9.17, 15) is 9.59 Å². The summed E-state index contributed by atoms with van der Waals surface area (Å²) in [4.78, 5) is 26.8. The first-order chi connectivity index (χ1) is 12.1. The maximum absolute atomic E-state index is 12.6. The summed E-state index contributed by atoms with van der Waals surface area (Å²) >= 11 is 0. The molecule has 25 heavy (non-hydrogen) atoms. The van der Waals surface area contributed by atoms with Crippen LogP contribution in [0.2, 0.25) is 0 Å². The van der Waals surface area contributed by atoms with Crippen LogP contribution in [-0.2, 0) is 20.9 Å². The summed E-state index contributed by atoms with van der Waals surface area (Å²) in [6.07, 6.45) is 2.29. The summed E-state index contributed by atoms with van der Waals surface area (Å²) in [5.74, 6) is -0.695. The number of hydrogen-bond acceptors (Lipinski definition) is 5. The van der Waals surface area contributed by atoms with Gasteiger partial charge in [-0.3, -0.25) is 4.79 Å². The van der Waals surface area contributed by atoms with E-state index in [0.717, 1.165) is 37.7 Å². The van der Waals surface area contributed by atoms with Gasteiger partial charge in [0.05, 0.1) is 6.61 Å². The van der Waals surface area contributed by atoms with Gasteiger partial charge in [0.25, 0.3) is 5.91 Å². The molecule has 1 fully saturated rings. The molecule has 1 atom stereocenters. The first kappa shape index (κ1) is 17.5. The van der Waals surface area contributed by atoms with Crippen molar-refractivity contribution in [3.8, 4) is 0 Å². The minimum absolute atomic E-state index is 0.0985. The molecule has 134 valence electrons. The van der Waals surface area contributed by atoms with Crippen molar-refractivity contribution in [3.63, 3.8) is 0 Å². The van der Waals surface area contributed by atoms with Crippen molar-refractivity contribution >= 4 is 22.8 Å². The van der Waals surface area contributed by atoms with E-state index in [1.54, 1.807) is 25.0 Å². The number of piperidine rings is 1. The fourth-order valence-corrected chi connectivity index (χ4v) is 3.19. The smallest absolute Gasteiger partial charge is 0.375 e. The number of nitrogens with zero attached hydrogens (tertiary/aromatic N) is 1. The topological polar surface area (TPSA) is 69.0 Å². The largest absolute Gasteiger partial charge is 0.449 e. The number of para-hydroxylation sites is 1. The predicted molar refractivity (Wildman–Crippen MR) is 92.2 cm³/mol. The molecule has 1 aliphatic heterocycles. The van der Waals surface area contributed by atoms with E-state index in [1.165, 1.54) is 0 Å². The second-order valence-electron chi connectivity index (χ2n) is 6.27. The number of amides is 1. The number of rotatable bonds is 5. The maximum atomic E-state index is 12.6. The van der Waals surface area contributed by atoms with Crippen molar-refractivity contribution in [3.05, 3.63) is 35.6 Å². The summed E-state index contributed by atoms with van der Waals surface area (Å²) in [6.45, 7) is 3.28. The molecule has 0 aliphatic carbocycles. The summed E-state index contributed by atoms with van der Waals surface area (Å²) in [5, 5.41) is 0.811. The molecule has 1 aromatic carbocycles. The van der Waals surface area contributed by atoms with Crippen molar-refractivity contribution in [2.75, 3.05) is 20.2 Å². The molecule has 1 aromatic heterocycles. The Hall–Kier alpha value is -2.34. The van der Waals surface area contributed by atoms with E-state index >= 15 is 0 Å². The van der Waals surface area contributed by atoms with Crippen LogP contribution < -0.4 is 0 Å². The molecular formula is C19H23NO5. The third-order valence-electron chi connectivity index (χ3n) is 4.47. The fraction of sp³-hybridized carbons (Fsp3) is 0.474. The molecule has 6 nitrogen and oxygen atoms in total. The van der Waals surface area contributed by atoms with Crippen LogP contribution in [0.5, 0.6) is 0 Å². The van der Waals surface area contributed by atoms with Crippen molar-refractivity contribution < 1.29 is 23.5 Å². The molecule has 1 aliphatic rings. The Morgan fingerprint density at radius 2 is 1.92 bits per heavy atom. The second-order valence-corrected chi connectivity index (χ2v) is 6.27. The number of likely N-dealkylation sites (tertiary alicyclic amines) is 1. The van der Waals surface area contributed by atoms with Gasteiger partial charge in [-0.1, -0.05) is 18.2 Å². The summed E-state index contributed by atoms with van der Waals surface area (Å²) in [7, 11) is 1.55. The second kappa shape index (κ2) is 7.70. The van der Waals surface area contributed by atoms with Gasteiger partial charge in [-0.2, -0.15) is 0 Å². The fourth-order valence-electron chi connectivity index (χ4n) is 3.19. The maximum Gasteiger partial charge on any atom is 0.375 e. The molecule has 0 N–H and O–H groups in total. The highest BCUT2D eigenvalue weighted by atomic mass is 16.6. The highest BCUT2D eigenvalue weighted by Gasteiger charge is 2.28. The summed E-state index contributed by atoms with van der Waals surface area (Å²) < 4.78 is 16.2. The molecule has 2 heterocycles. The van der Waals surface area contributed by atoms with Crippen LogP contribution in [0.15, 0.2) is 28.7 Å². The summed E-state index contributed by atoms with van der Waals surface area (Å²) in [5.41, 5.74) is 1.23. The van der Waals surface area contributed by atoms with Gasteiger partial charge in [-0.25, -0.2) is 4.79 Å². The quantitative estimate of drug-likeness (QED) is 0.779. The van der Waals surface area contributed by atoms with Gasteiger partial charge in [-0.15, -0.1) is 0 Å². The lowest BCUT2D eigenvalue weighted by molar-refractivity contribution is -0.140. The zero-order chi connectivity index (χ0) is 17.8. The van der Waals surface area contributed by atoms with E-state index in [0.29, 0.717) is 11.1 Å². The minimum Gasteiger partial charge on any atom is -0.449 e. The summed E-state index contributed by atoms with van der Waals surface area (Å²) in [6, 6.07) is 7.36. The highest BCUT2D eigenvalue weighted by Crippen LogP contribution is 2.27. The Kier molecular flexibility index (Phi) is 5.38. The van der Waals surface area contributed by atoms with Gasteiger partial charge in [-0.05, 0) is 32.3 Å². The van der Waals surface area contributed by atoms with Crippen LogP contribution in [0.3, 0.4) is 0 Å². The van der Waals surface area contributed by atoms with Crippen molar-refractivity contribution in [2.45, 2.75) is 38.9 Å². The average Bonchev–Trinajstić information content (AvgIpc) is 3.01.